The number of halogens is 2. The number of aryl methyl sites for hydroxylation is 1. The van der Waals surface area contributed by atoms with E-state index >= 15 is 0 Å². The average Bonchev–Trinajstić information content (AvgIpc) is 2.30. The first kappa shape index (κ1) is 14.1. The maximum atomic E-state index is 13.8. The summed E-state index contributed by atoms with van der Waals surface area (Å²) >= 11 is 0. The SMILES string of the molecule is CCOC(Cc1c(F)ccc(C)c1F)OCC. The van der Waals surface area contributed by atoms with Gasteiger partial charge >= 0.3 is 0 Å². The fourth-order valence-electron chi connectivity index (χ4n) is 1.61. The quantitative estimate of drug-likeness (QED) is 0.715. The molecule has 96 valence electrons. The van der Waals surface area contributed by atoms with Gasteiger partial charge in [0, 0.05) is 25.2 Å². The molecule has 0 aliphatic carbocycles. The maximum absolute atomic E-state index is 13.8. The van der Waals surface area contributed by atoms with E-state index in [1.54, 1.807) is 6.92 Å². The van der Waals surface area contributed by atoms with E-state index in [9.17, 15) is 8.78 Å². The van der Waals surface area contributed by atoms with Gasteiger partial charge in [0.05, 0.1) is 0 Å². The molecule has 0 spiro atoms. The highest BCUT2D eigenvalue weighted by Crippen LogP contribution is 2.19. The monoisotopic (exact) mass is 244 g/mol. The van der Waals surface area contributed by atoms with Crippen molar-refractivity contribution >= 4 is 0 Å². The molecule has 0 unspecified atom stereocenters. The lowest BCUT2D eigenvalue weighted by Gasteiger charge is -2.18. The van der Waals surface area contributed by atoms with E-state index in [-0.39, 0.29) is 12.0 Å². The van der Waals surface area contributed by atoms with Crippen molar-refractivity contribution in [3.8, 4) is 0 Å². The van der Waals surface area contributed by atoms with Crippen LogP contribution in [0.4, 0.5) is 8.78 Å². The van der Waals surface area contributed by atoms with E-state index < -0.39 is 17.9 Å². The molecule has 0 amide bonds. The van der Waals surface area contributed by atoms with Crippen LogP contribution in [-0.2, 0) is 15.9 Å². The molecule has 0 aliphatic rings. The average molecular weight is 244 g/mol. The topological polar surface area (TPSA) is 18.5 Å². The number of benzene rings is 1. The Labute approximate surface area is 101 Å². The second-order valence-corrected chi connectivity index (χ2v) is 3.70. The first-order valence-corrected chi connectivity index (χ1v) is 5.76. The van der Waals surface area contributed by atoms with Gasteiger partial charge in [0.25, 0.3) is 0 Å². The van der Waals surface area contributed by atoms with Crippen molar-refractivity contribution in [1.82, 2.24) is 0 Å². The second-order valence-electron chi connectivity index (χ2n) is 3.70. The third-order valence-corrected chi connectivity index (χ3v) is 2.46. The minimum Gasteiger partial charge on any atom is -0.353 e. The Morgan fingerprint density at radius 2 is 1.71 bits per heavy atom. The van der Waals surface area contributed by atoms with Crippen LogP contribution in [-0.4, -0.2) is 19.5 Å². The summed E-state index contributed by atoms with van der Waals surface area (Å²) in [5.41, 5.74) is 0.449. The first-order valence-electron chi connectivity index (χ1n) is 5.76. The Bertz CT molecular complexity index is 361. The Kier molecular flexibility index (Phi) is 5.51. The lowest BCUT2D eigenvalue weighted by Crippen LogP contribution is -2.21. The van der Waals surface area contributed by atoms with Gasteiger partial charge < -0.3 is 9.47 Å². The fourth-order valence-corrected chi connectivity index (χ4v) is 1.61. The molecule has 4 heteroatoms. The van der Waals surface area contributed by atoms with Crippen LogP contribution in [0.5, 0.6) is 0 Å². The van der Waals surface area contributed by atoms with Crippen LogP contribution in [0.1, 0.15) is 25.0 Å². The predicted molar refractivity (Wildman–Crippen MR) is 61.8 cm³/mol. The van der Waals surface area contributed by atoms with Gasteiger partial charge in [0.15, 0.2) is 6.29 Å². The number of hydrogen-bond acceptors (Lipinski definition) is 2. The van der Waals surface area contributed by atoms with E-state index in [1.807, 2.05) is 13.8 Å². The molecular formula is C13H18F2O2. The minimum atomic E-state index is -0.601. The van der Waals surface area contributed by atoms with Crippen LogP contribution in [0, 0.1) is 18.6 Å². The fraction of sp³-hybridized carbons (Fsp3) is 0.538. The van der Waals surface area contributed by atoms with Crippen LogP contribution in [0.15, 0.2) is 12.1 Å². The standard InChI is InChI=1S/C13H18F2O2/c1-4-16-12(17-5-2)8-10-11(14)7-6-9(3)13(10)15/h6-7,12H,4-5,8H2,1-3H3. The molecule has 1 aromatic rings. The summed E-state index contributed by atoms with van der Waals surface area (Å²) < 4.78 is 37.8. The van der Waals surface area contributed by atoms with E-state index in [0.29, 0.717) is 18.8 Å². The van der Waals surface area contributed by atoms with Crippen molar-refractivity contribution in [2.75, 3.05) is 13.2 Å². The number of hydrogen-bond donors (Lipinski definition) is 0. The molecule has 0 aromatic heterocycles. The van der Waals surface area contributed by atoms with Gasteiger partial charge in [-0.2, -0.15) is 0 Å². The summed E-state index contributed by atoms with van der Waals surface area (Å²) in [5.74, 6) is -1.08. The highest BCUT2D eigenvalue weighted by molar-refractivity contribution is 5.26. The lowest BCUT2D eigenvalue weighted by molar-refractivity contribution is -0.135. The summed E-state index contributed by atoms with van der Waals surface area (Å²) in [6.07, 6.45) is -0.517. The third kappa shape index (κ3) is 3.75. The Balaban J connectivity index is 2.88. The molecule has 1 aromatic carbocycles. The first-order chi connectivity index (χ1) is 8.10. The van der Waals surface area contributed by atoms with Crippen LogP contribution in [0.2, 0.25) is 0 Å². The van der Waals surface area contributed by atoms with Gasteiger partial charge in [-0.25, -0.2) is 8.78 Å². The van der Waals surface area contributed by atoms with E-state index in [1.165, 1.54) is 12.1 Å². The van der Waals surface area contributed by atoms with Crippen LogP contribution >= 0.6 is 0 Å². The Morgan fingerprint density at radius 3 is 2.24 bits per heavy atom. The molecule has 0 heterocycles. The minimum absolute atomic E-state index is 0.0249. The maximum Gasteiger partial charge on any atom is 0.161 e. The molecule has 0 saturated heterocycles. The molecule has 0 N–H and O–H groups in total. The van der Waals surface area contributed by atoms with E-state index in [4.69, 9.17) is 9.47 Å². The van der Waals surface area contributed by atoms with Crippen LogP contribution in [0.3, 0.4) is 0 Å². The predicted octanol–water partition coefficient (Wildman–Crippen LogP) is 3.21. The molecule has 0 atom stereocenters. The highest BCUT2D eigenvalue weighted by atomic mass is 19.1. The van der Waals surface area contributed by atoms with Crippen LogP contribution < -0.4 is 0 Å². The van der Waals surface area contributed by atoms with Crippen molar-refractivity contribution in [2.45, 2.75) is 33.5 Å². The van der Waals surface area contributed by atoms with Crippen LogP contribution in [0.25, 0.3) is 0 Å². The van der Waals surface area contributed by atoms with Gasteiger partial charge in [0.1, 0.15) is 11.6 Å². The largest absolute Gasteiger partial charge is 0.353 e. The van der Waals surface area contributed by atoms with Crippen molar-refractivity contribution < 1.29 is 18.3 Å². The molecular weight excluding hydrogens is 226 g/mol. The summed E-state index contributed by atoms with van der Waals surface area (Å²) in [4.78, 5) is 0. The molecule has 0 saturated carbocycles. The number of rotatable bonds is 6. The molecule has 0 radical (unpaired) electrons. The zero-order chi connectivity index (χ0) is 12.8. The summed E-state index contributed by atoms with van der Waals surface area (Å²) in [6, 6.07) is 2.69. The van der Waals surface area contributed by atoms with Gasteiger partial charge in [-0.15, -0.1) is 0 Å². The van der Waals surface area contributed by atoms with Gasteiger partial charge in [-0.1, -0.05) is 6.07 Å². The molecule has 0 fully saturated rings. The smallest absolute Gasteiger partial charge is 0.161 e. The van der Waals surface area contributed by atoms with Crippen molar-refractivity contribution in [1.29, 1.82) is 0 Å². The van der Waals surface area contributed by atoms with Gasteiger partial charge in [-0.3, -0.25) is 0 Å². The molecule has 17 heavy (non-hydrogen) atoms. The Hall–Kier alpha value is -1.00. The van der Waals surface area contributed by atoms with Crippen molar-refractivity contribution in [3.63, 3.8) is 0 Å². The molecule has 1 rings (SSSR count). The summed E-state index contributed by atoms with van der Waals surface area (Å²) in [6.45, 7) is 6.12. The summed E-state index contributed by atoms with van der Waals surface area (Å²) in [5, 5.41) is 0. The molecule has 2 nitrogen and oxygen atoms in total. The highest BCUT2D eigenvalue weighted by Gasteiger charge is 2.17. The normalized spacial score (nSPS) is 11.2. The zero-order valence-electron chi connectivity index (χ0n) is 10.4. The van der Waals surface area contributed by atoms with Gasteiger partial charge in [-0.05, 0) is 32.4 Å². The lowest BCUT2D eigenvalue weighted by atomic mass is 10.1. The third-order valence-electron chi connectivity index (χ3n) is 2.46. The zero-order valence-corrected chi connectivity index (χ0v) is 10.4. The number of ether oxygens (including phenoxy) is 2. The van der Waals surface area contributed by atoms with E-state index in [0.717, 1.165) is 0 Å². The molecule has 0 bridgehead atoms. The summed E-state index contributed by atoms with van der Waals surface area (Å²) in [7, 11) is 0. The van der Waals surface area contributed by atoms with Gasteiger partial charge in [0.2, 0.25) is 0 Å². The van der Waals surface area contributed by atoms with Crippen molar-refractivity contribution in [2.24, 2.45) is 0 Å². The second kappa shape index (κ2) is 6.67. The van der Waals surface area contributed by atoms with E-state index in [2.05, 4.69) is 0 Å². The Morgan fingerprint density at radius 1 is 1.12 bits per heavy atom. The van der Waals surface area contributed by atoms with Crippen molar-refractivity contribution in [3.05, 3.63) is 34.9 Å². The molecule has 0 aliphatic heterocycles.